The van der Waals surface area contributed by atoms with E-state index in [2.05, 4.69) is 10.4 Å². The van der Waals surface area contributed by atoms with Gasteiger partial charge >= 0.3 is 6.18 Å². The second-order valence-corrected chi connectivity index (χ2v) is 4.41. The summed E-state index contributed by atoms with van der Waals surface area (Å²) >= 11 is 0.546. The Morgan fingerprint density at radius 3 is 2.72 bits per heavy atom. The van der Waals surface area contributed by atoms with Crippen LogP contribution in [0.3, 0.4) is 0 Å². The van der Waals surface area contributed by atoms with Crippen LogP contribution in [0.2, 0.25) is 0 Å². The van der Waals surface area contributed by atoms with E-state index in [0.29, 0.717) is 29.4 Å². The van der Waals surface area contributed by atoms with Gasteiger partial charge in [0.25, 0.3) is 0 Å². The lowest BCUT2D eigenvalue weighted by Crippen LogP contribution is -2.31. The fourth-order valence-corrected chi connectivity index (χ4v) is 1.96. The molecule has 1 atom stereocenters. The van der Waals surface area contributed by atoms with Crippen molar-refractivity contribution in [3.8, 4) is 0 Å². The molecular formula is C9H14F3N3O2S. The van der Waals surface area contributed by atoms with Crippen molar-refractivity contribution in [2.45, 2.75) is 12.2 Å². The first-order valence-corrected chi connectivity index (χ1v) is 5.86. The molecule has 0 radical (unpaired) electrons. The number of methoxy groups -OCH3 is 1. The van der Waals surface area contributed by atoms with Gasteiger partial charge in [-0.3, -0.25) is 5.84 Å². The van der Waals surface area contributed by atoms with Crippen LogP contribution in [0.1, 0.15) is 15.9 Å². The van der Waals surface area contributed by atoms with Gasteiger partial charge in [-0.1, -0.05) is 0 Å². The lowest BCUT2D eigenvalue weighted by atomic mass is 10.3. The normalized spacial score (nSPS) is 13.8. The average molecular weight is 285 g/mol. The van der Waals surface area contributed by atoms with Crippen LogP contribution in [0.25, 0.3) is 0 Å². The number of nitrogens with two attached hydrogens (primary N) is 1. The predicted octanol–water partition coefficient (Wildman–Crippen LogP) is 1.33. The average Bonchev–Trinajstić information content (AvgIpc) is 2.78. The van der Waals surface area contributed by atoms with Crippen molar-refractivity contribution in [1.29, 1.82) is 0 Å². The molecular weight excluding hydrogens is 271 g/mol. The van der Waals surface area contributed by atoms with Crippen molar-refractivity contribution in [3.63, 3.8) is 0 Å². The zero-order chi connectivity index (χ0) is 13.6. The molecule has 0 fully saturated rings. The molecule has 9 heteroatoms. The number of rotatable bonds is 7. The van der Waals surface area contributed by atoms with Crippen LogP contribution in [0.15, 0.2) is 6.20 Å². The molecule has 0 saturated heterocycles. The summed E-state index contributed by atoms with van der Waals surface area (Å²) < 4.78 is 47.1. The fraction of sp³-hybridized carbons (Fsp3) is 0.667. The lowest BCUT2D eigenvalue weighted by molar-refractivity contribution is -0.137. The Morgan fingerprint density at radius 1 is 1.50 bits per heavy atom. The molecule has 104 valence electrons. The molecule has 1 aromatic rings. The van der Waals surface area contributed by atoms with E-state index in [-0.39, 0.29) is 6.61 Å². The van der Waals surface area contributed by atoms with Crippen molar-refractivity contribution in [3.05, 3.63) is 16.1 Å². The summed E-state index contributed by atoms with van der Waals surface area (Å²) in [7, 11) is 1.53. The molecule has 3 N–H and O–H groups in total. The van der Waals surface area contributed by atoms with Gasteiger partial charge < -0.3 is 9.47 Å². The van der Waals surface area contributed by atoms with Crippen LogP contribution < -0.4 is 11.3 Å². The molecule has 1 unspecified atom stereocenters. The van der Waals surface area contributed by atoms with E-state index in [4.69, 9.17) is 15.3 Å². The summed E-state index contributed by atoms with van der Waals surface area (Å²) in [4.78, 5) is 3.70. The van der Waals surface area contributed by atoms with Gasteiger partial charge in [-0.2, -0.15) is 13.2 Å². The summed E-state index contributed by atoms with van der Waals surface area (Å²) in [5.41, 5.74) is 2.40. The first-order chi connectivity index (χ1) is 8.49. The minimum Gasteiger partial charge on any atom is -0.382 e. The quantitative estimate of drug-likeness (QED) is 0.449. The summed E-state index contributed by atoms with van der Waals surface area (Å²) in [6.45, 7) is 0.909. The summed E-state index contributed by atoms with van der Waals surface area (Å²) in [5.74, 6) is 5.27. The third-order valence-corrected chi connectivity index (χ3v) is 3.18. The number of alkyl halides is 3. The Labute approximate surface area is 106 Å². The van der Waals surface area contributed by atoms with Crippen LogP contribution in [0.5, 0.6) is 0 Å². The molecule has 0 aliphatic carbocycles. The molecule has 0 aromatic carbocycles. The van der Waals surface area contributed by atoms with Crippen LogP contribution >= 0.6 is 11.3 Å². The SMILES string of the molecule is COCCOCC(NN)c1cnc(C(F)(F)F)s1. The van der Waals surface area contributed by atoms with Gasteiger partial charge in [-0.15, -0.1) is 11.3 Å². The number of hydrogen-bond acceptors (Lipinski definition) is 6. The molecule has 0 amide bonds. The van der Waals surface area contributed by atoms with Crippen LogP contribution in [-0.2, 0) is 15.7 Å². The molecule has 0 aliphatic rings. The number of aromatic nitrogens is 1. The van der Waals surface area contributed by atoms with Gasteiger partial charge in [0, 0.05) is 18.2 Å². The van der Waals surface area contributed by atoms with Crippen LogP contribution in [0, 0.1) is 0 Å². The number of ether oxygens (including phenoxy) is 2. The smallest absolute Gasteiger partial charge is 0.382 e. The molecule has 18 heavy (non-hydrogen) atoms. The van der Waals surface area contributed by atoms with Gasteiger partial charge in [0.05, 0.1) is 25.9 Å². The highest BCUT2D eigenvalue weighted by atomic mass is 32.1. The van der Waals surface area contributed by atoms with Crippen LogP contribution in [-0.4, -0.2) is 31.9 Å². The first kappa shape index (κ1) is 15.3. The van der Waals surface area contributed by atoms with Crippen molar-refractivity contribution in [2.75, 3.05) is 26.9 Å². The van der Waals surface area contributed by atoms with Crippen LogP contribution in [0.4, 0.5) is 13.2 Å². The van der Waals surface area contributed by atoms with Crippen molar-refractivity contribution in [1.82, 2.24) is 10.4 Å². The molecule has 1 heterocycles. The Kier molecular flexibility index (Phi) is 5.96. The Balaban J connectivity index is 2.57. The zero-order valence-corrected chi connectivity index (χ0v) is 10.5. The standard InChI is InChI=1S/C9H14F3N3O2S/c1-16-2-3-17-5-6(15-13)7-4-14-8(18-7)9(10,11)12/h4,6,15H,2-3,5,13H2,1H3. The number of nitrogens with zero attached hydrogens (tertiary/aromatic N) is 1. The van der Waals surface area contributed by atoms with Gasteiger partial charge in [0.15, 0.2) is 5.01 Å². The van der Waals surface area contributed by atoms with Gasteiger partial charge in [0.2, 0.25) is 0 Å². The molecule has 5 nitrogen and oxygen atoms in total. The van der Waals surface area contributed by atoms with E-state index in [1.165, 1.54) is 7.11 Å². The van der Waals surface area contributed by atoms with Crippen molar-refractivity contribution in [2.24, 2.45) is 5.84 Å². The van der Waals surface area contributed by atoms with Gasteiger partial charge in [-0.05, 0) is 0 Å². The van der Waals surface area contributed by atoms with E-state index in [1.807, 2.05) is 0 Å². The molecule has 0 bridgehead atoms. The minimum atomic E-state index is -4.43. The number of thiazole rings is 1. The van der Waals surface area contributed by atoms with Crippen molar-refractivity contribution < 1.29 is 22.6 Å². The molecule has 0 aliphatic heterocycles. The largest absolute Gasteiger partial charge is 0.443 e. The highest BCUT2D eigenvalue weighted by Gasteiger charge is 2.35. The summed E-state index contributed by atoms with van der Waals surface area (Å²) in [6.07, 6.45) is -3.28. The number of halogens is 3. The maximum absolute atomic E-state index is 12.4. The minimum absolute atomic E-state index is 0.152. The monoisotopic (exact) mass is 285 g/mol. The third kappa shape index (κ3) is 4.50. The van der Waals surface area contributed by atoms with E-state index in [0.717, 1.165) is 6.20 Å². The van der Waals surface area contributed by atoms with E-state index < -0.39 is 17.2 Å². The summed E-state index contributed by atoms with van der Waals surface area (Å²) in [5, 5.41) is -0.894. The third-order valence-electron chi connectivity index (χ3n) is 2.03. The van der Waals surface area contributed by atoms with Gasteiger partial charge in [-0.25, -0.2) is 10.4 Å². The van der Waals surface area contributed by atoms with Crippen molar-refractivity contribution >= 4 is 11.3 Å². The fourth-order valence-electron chi connectivity index (χ4n) is 1.13. The maximum Gasteiger partial charge on any atom is 0.443 e. The lowest BCUT2D eigenvalue weighted by Gasteiger charge is -2.13. The highest BCUT2D eigenvalue weighted by Crippen LogP contribution is 2.34. The maximum atomic E-state index is 12.4. The Hall–Kier alpha value is -0.740. The van der Waals surface area contributed by atoms with E-state index in [9.17, 15) is 13.2 Å². The number of nitrogens with one attached hydrogen (secondary N) is 1. The van der Waals surface area contributed by atoms with E-state index in [1.54, 1.807) is 0 Å². The topological polar surface area (TPSA) is 69.4 Å². The molecule has 0 spiro atoms. The second-order valence-electron chi connectivity index (χ2n) is 3.35. The van der Waals surface area contributed by atoms with Gasteiger partial charge in [0.1, 0.15) is 0 Å². The predicted molar refractivity (Wildman–Crippen MR) is 59.9 cm³/mol. The number of hydrazine groups is 1. The molecule has 0 saturated carbocycles. The highest BCUT2D eigenvalue weighted by molar-refractivity contribution is 7.11. The second kappa shape index (κ2) is 7.00. The summed E-state index contributed by atoms with van der Waals surface area (Å²) in [6, 6.07) is -0.518. The Bertz CT molecular complexity index is 359. The number of hydrogen-bond donors (Lipinski definition) is 2. The zero-order valence-electron chi connectivity index (χ0n) is 9.66. The molecule has 1 rings (SSSR count). The first-order valence-electron chi connectivity index (χ1n) is 5.04. The Morgan fingerprint density at radius 2 is 2.22 bits per heavy atom. The van der Waals surface area contributed by atoms with E-state index >= 15 is 0 Å². The molecule has 1 aromatic heterocycles.